The molecule has 1 aromatic carbocycles. The van der Waals surface area contributed by atoms with E-state index in [1.54, 1.807) is 18.2 Å². The Hall–Kier alpha value is -2.04. The maximum Gasteiger partial charge on any atom is 0.125 e. The van der Waals surface area contributed by atoms with Crippen LogP contribution in [-0.4, -0.2) is 11.7 Å². The van der Waals surface area contributed by atoms with E-state index in [2.05, 4.69) is 0 Å². The van der Waals surface area contributed by atoms with Crippen LogP contribution in [0.15, 0.2) is 18.2 Å². The third kappa shape index (κ3) is 1.58. The number of nitrogen functional groups attached to an aromatic ring is 3. The van der Waals surface area contributed by atoms with Crippen molar-refractivity contribution in [1.29, 1.82) is 10.8 Å². The second kappa shape index (κ2) is 3.14. The molecule has 5 heteroatoms. The van der Waals surface area contributed by atoms with E-state index in [0.29, 0.717) is 16.8 Å². The van der Waals surface area contributed by atoms with Crippen LogP contribution < -0.4 is 17.2 Å². The number of nitrogens with two attached hydrogens (primary N) is 3. The van der Waals surface area contributed by atoms with Crippen LogP contribution in [-0.2, 0) is 0 Å². The maximum atomic E-state index is 7.26. The quantitative estimate of drug-likeness (QED) is 0.244. The van der Waals surface area contributed by atoms with Gasteiger partial charge in [-0.15, -0.1) is 0 Å². The Morgan fingerprint density at radius 1 is 1.08 bits per heavy atom. The molecule has 0 radical (unpaired) electrons. The fourth-order valence-electron chi connectivity index (χ4n) is 1.10. The van der Waals surface area contributed by atoms with E-state index >= 15 is 0 Å². The predicted molar refractivity (Wildman–Crippen MR) is 52.9 cm³/mol. The maximum absolute atomic E-state index is 7.26. The van der Waals surface area contributed by atoms with Crippen molar-refractivity contribution in [2.24, 2.45) is 11.5 Å². The van der Waals surface area contributed by atoms with Gasteiger partial charge in [0.15, 0.2) is 0 Å². The van der Waals surface area contributed by atoms with E-state index in [1.165, 1.54) is 0 Å². The highest BCUT2D eigenvalue weighted by molar-refractivity contribution is 6.11. The molecule has 0 bridgehead atoms. The molecule has 1 aromatic rings. The van der Waals surface area contributed by atoms with Crippen molar-refractivity contribution in [2.45, 2.75) is 0 Å². The van der Waals surface area contributed by atoms with Crippen molar-refractivity contribution in [3.05, 3.63) is 29.3 Å². The summed E-state index contributed by atoms with van der Waals surface area (Å²) in [6, 6.07) is 4.89. The van der Waals surface area contributed by atoms with E-state index in [-0.39, 0.29) is 11.7 Å². The first kappa shape index (κ1) is 9.05. The van der Waals surface area contributed by atoms with Crippen molar-refractivity contribution in [1.82, 2.24) is 0 Å². The fourth-order valence-corrected chi connectivity index (χ4v) is 1.10. The number of nitrogens with one attached hydrogen (secondary N) is 2. The van der Waals surface area contributed by atoms with Gasteiger partial charge in [0, 0.05) is 16.8 Å². The molecule has 0 heterocycles. The Kier molecular flexibility index (Phi) is 2.19. The number of rotatable bonds is 2. The monoisotopic (exact) mass is 177 g/mol. The number of benzene rings is 1. The Morgan fingerprint density at radius 2 is 1.69 bits per heavy atom. The minimum atomic E-state index is -0.177. The van der Waals surface area contributed by atoms with Crippen LogP contribution in [0.1, 0.15) is 11.1 Å². The van der Waals surface area contributed by atoms with Crippen LogP contribution in [0.4, 0.5) is 5.69 Å². The Labute approximate surface area is 75.6 Å². The SMILES string of the molecule is N=C(N)c1cccc(N)c1C(=N)N. The molecule has 8 N–H and O–H groups in total. The van der Waals surface area contributed by atoms with Crippen molar-refractivity contribution in [3.8, 4) is 0 Å². The topological polar surface area (TPSA) is 126 Å². The molecule has 0 amide bonds. The summed E-state index contributed by atoms with van der Waals surface area (Å²) in [7, 11) is 0. The molecule has 0 saturated carbocycles. The zero-order valence-electron chi connectivity index (χ0n) is 6.96. The lowest BCUT2D eigenvalue weighted by molar-refractivity contribution is 1.38. The zero-order valence-corrected chi connectivity index (χ0v) is 6.96. The summed E-state index contributed by atoms with van der Waals surface area (Å²) in [5.41, 5.74) is 17.3. The molecular weight excluding hydrogens is 166 g/mol. The van der Waals surface area contributed by atoms with Crippen molar-refractivity contribution < 1.29 is 0 Å². The molecule has 5 nitrogen and oxygen atoms in total. The third-order valence-electron chi connectivity index (χ3n) is 1.66. The second-order valence-electron chi connectivity index (χ2n) is 2.60. The molecule has 68 valence electrons. The molecular formula is C8H11N5. The minimum absolute atomic E-state index is 0.141. The lowest BCUT2D eigenvalue weighted by atomic mass is 10.0. The molecule has 0 aliphatic heterocycles. The van der Waals surface area contributed by atoms with Crippen LogP contribution in [0.25, 0.3) is 0 Å². The van der Waals surface area contributed by atoms with Gasteiger partial charge in [-0.1, -0.05) is 12.1 Å². The summed E-state index contributed by atoms with van der Waals surface area (Å²) < 4.78 is 0. The second-order valence-corrected chi connectivity index (χ2v) is 2.60. The molecule has 0 unspecified atom stereocenters. The number of amidine groups is 2. The summed E-state index contributed by atoms with van der Waals surface area (Å²) in [6.07, 6.45) is 0. The zero-order chi connectivity index (χ0) is 10.0. The summed E-state index contributed by atoms with van der Waals surface area (Å²) in [4.78, 5) is 0. The molecule has 1 rings (SSSR count). The summed E-state index contributed by atoms with van der Waals surface area (Å²) >= 11 is 0. The Balaban J connectivity index is 3.43. The van der Waals surface area contributed by atoms with Crippen molar-refractivity contribution in [3.63, 3.8) is 0 Å². The average molecular weight is 177 g/mol. The summed E-state index contributed by atoms with van der Waals surface area (Å²) in [6.45, 7) is 0. The fraction of sp³-hybridized carbons (Fsp3) is 0. The normalized spacial score (nSPS) is 9.54. The molecule has 13 heavy (non-hydrogen) atoms. The number of hydrogen-bond acceptors (Lipinski definition) is 3. The average Bonchev–Trinajstić information content (AvgIpc) is 2.02. The lowest BCUT2D eigenvalue weighted by Gasteiger charge is -2.08. The molecule has 0 saturated heterocycles. The van der Waals surface area contributed by atoms with Crippen molar-refractivity contribution in [2.75, 3.05) is 5.73 Å². The van der Waals surface area contributed by atoms with Crippen LogP contribution >= 0.6 is 0 Å². The molecule has 0 spiro atoms. The number of hydrogen-bond donors (Lipinski definition) is 5. The van der Waals surface area contributed by atoms with Crippen LogP contribution in [0.3, 0.4) is 0 Å². The summed E-state index contributed by atoms with van der Waals surface area (Å²) in [5.74, 6) is -0.319. The standard InChI is InChI=1S/C8H11N5/c9-5-3-1-2-4(7(10)11)6(5)8(12)13/h1-3H,9H2,(H3,10,11)(H3,12,13). The first-order valence-electron chi connectivity index (χ1n) is 3.61. The summed E-state index contributed by atoms with van der Waals surface area (Å²) in [5, 5.41) is 14.5. The molecule has 0 atom stereocenters. The highest BCUT2D eigenvalue weighted by atomic mass is 14.8. The molecule has 0 aliphatic carbocycles. The molecule has 0 aromatic heterocycles. The lowest BCUT2D eigenvalue weighted by Crippen LogP contribution is -2.22. The highest BCUT2D eigenvalue weighted by Gasteiger charge is 2.10. The minimum Gasteiger partial charge on any atom is -0.398 e. The first-order chi connectivity index (χ1) is 6.04. The van der Waals surface area contributed by atoms with Gasteiger partial charge in [0.1, 0.15) is 11.7 Å². The van der Waals surface area contributed by atoms with Gasteiger partial charge in [-0.3, -0.25) is 10.8 Å². The first-order valence-corrected chi connectivity index (χ1v) is 3.61. The molecule has 0 aliphatic rings. The van der Waals surface area contributed by atoms with E-state index in [9.17, 15) is 0 Å². The Morgan fingerprint density at radius 3 is 2.08 bits per heavy atom. The van der Waals surface area contributed by atoms with Gasteiger partial charge in [0.05, 0.1) is 0 Å². The Bertz CT molecular complexity index is 369. The van der Waals surface area contributed by atoms with E-state index in [4.69, 9.17) is 28.0 Å². The van der Waals surface area contributed by atoms with Gasteiger partial charge in [-0.05, 0) is 6.07 Å². The number of anilines is 1. The van der Waals surface area contributed by atoms with Gasteiger partial charge < -0.3 is 17.2 Å². The highest BCUT2D eigenvalue weighted by Crippen LogP contribution is 2.15. The third-order valence-corrected chi connectivity index (χ3v) is 1.66. The predicted octanol–water partition coefficient (Wildman–Crippen LogP) is -0.163. The smallest absolute Gasteiger partial charge is 0.125 e. The largest absolute Gasteiger partial charge is 0.398 e. The van der Waals surface area contributed by atoms with Crippen LogP contribution in [0.5, 0.6) is 0 Å². The van der Waals surface area contributed by atoms with Crippen LogP contribution in [0.2, 0.25) is 0 Å². The van der Waals surface area contributed by atoms with E-state index in [1.807, 2.05) is 0 Å². The van der Waals surface area contributed by atoms with E-state index in [0.717, 1.165) is 0 Å². The van der Waals surface area contributed by atoms with E-state index < -0.39 is 0 Å². The van der Waals surface area contributed by atoms with Gasteiger partial charge in [-0.2, -0.15) is 0 Å². The molecule has 0 fully saturated rings. The van der Waals surface area contributed by atoms with Gasteiger partial charge in [0.25, 0.3) is 0 Å². The van der Waals surface area contributed by atoms with Gasteiger partial charge in [-0.25, -0.2) is 0 Å². The van der Waals surface area contributed by atoms with Gasteiger partial charge >= 0.3 is 0 Å². The van der Waals surface area contributed by atoms with Crippen LogP contribution in [0, 0.1) is 10.8 Å². The van der Waals surface area contributed by atoms with Gasteiger partial charge in [0.2, 0.25) is 0 Å². The van der Waals surface area contributed by atoms with Crippen molar-refractivity contribution >= 4 is 17.4 Å².